The minimum absolute atomic E-state index is 0.0178. The lowest BCUT2D eigenvalue weighted by atomic mass is 9.95. The van der Waals surface area contributed by atoms with Crippen LogP contribution in [0.4, 0.5) is 0 Å². The van der Waals surface area contributed by atoms with Crippen LogP contribution in [0.5, 0.6) is 5.75 Å². The molecule has 1 atom stereocenters. The SMILES string of the molecule is CCN(CC)CCN1C(=O)C(O)=C(C(=O)c2cc3cc(Br)ccc3o2)C1c1cccc(OC(C)=O)c1. The largest absolute Gasteiger partial charge is 0.503 e. The number of ether oxygens (including phenoxy) is 1. The summed E-state index contributed by atoms with van der Waals surface area (Å²) < 4.78 is 11.8. The van der Waals surface area contributed by atoms with Crippen LogP contribution < -0.4 is 4.74 Å². The number of ketones is 1. The number of hydrogen-bond donors (Lipinski definition) is 1. The summed E-state index contributed by atoms with van der Waals surface area (Å²) in [6.07, 6.45) is 0. The van der Waals surface area contributed by atoms with E-state index in [2.05, 4.69) is 20.8 Å². The van der Waals surface area contributed by atoms with E-state index in [9.17, 15) is 19.5 Å². The first-order valence-electron chi connectivity index (χ1n) is 11.7. The van der Waals surface area contributed by atoms with Crippen LogP contribution in [0.3, 0.4) is 0 Å². The summed E-state index contributed by atoms with van der Waals surface area (Å²) in [5.74, 6) is -2.01. The molecule has 1 aliphatic rings. The molecule has 1 N–H and O–H groups in total. The Bertz CT molecular complexity index is 1360. The van der Waals surface area contributed by atoms with Crippen molar-refractivity contribution in [3.63, 3.8) is 0 Å². The number of Topliss-reactive ketones (excluding diaryl/α,β-unsaturated/α-hetero) is 1. The number of aliphatic hydroxyl groups excluding tert-OH is 1. The third-order valence-corrected chi connectivity index (χ3v) is 6.73. The van der Waals surface area contributed by atoms with Gasteiger partial charge >= 0.3 is 5.97 Å². The number of aliphatic hydroxyl groups is 1. The molecular weight excluding hydrogens is 528 g/mol. The third-order valence-electron chi connectivity index (χ3n) is 6.24. The molecule has 0 bridgehead atoms. The number of carbonyl (C=O) groups excluding carboxylic acids is 3. The molecule has 2 heterocycles. The van der Waals surface area contributed by atoms with E-state index in [1.165, 1.54) is 11.8 Å². The second-order valence-electron chi connectivity index (χ2n) is 8.48. The number of amides is 1. The maximum atomic E-state index is 13.7. The van der Waals surface area contributed by atoms with Gasteiger partial charge in [-0.25, -0.2) is 0 Å². The number of hydrogen-bond acceptors (Lipinski definition) is 7. The van der Waals surface area contributed by atoms with Crippen LogP contribution in [-0.2, 0) is 9.59 Å². The summed E-state index contributed by atoms with van der Waals surface area (Å²) in [4.78, 5) is 42.1. The lowest BCUT2D eigenvalue weighted by molar-refractivity contribution is -0.132. The van der Waals surface area contributed by atoms with E-state index < -0.39 is 29.5 Å². The molecule has 0 radical (unpaired) electrons. The second kappa shape index (κ2) is 10.7. The lowest BCUT2D eigenvalue weighted by Gasteiger charge is -2.29. The minimum Gasteiger partial charge on any atom is -0.503 e. The molecule has 1 aliphatic heterocycles. The summed E-state index contributed by atoms with van der Waals surface area (Å²) in [5.41, 5.74) is 0.975. The number of halogens is 1. The Kier molecular flexibility index (Phi) is 7.61. The molecule has 1 unspecified atom stereocenters. The van der Waals surface area contributed by atoms with Crippen LogP contribution >= 0.6 is 15.9 Å². The third kappa shape index (κ3) is 5.08. The number of carbonyl (C=O) groups is 3. The number of esters is 1. The number of likely N-dealkylation sites (N-methyl/N-ethyl adjacent to an activating group) is 1. The van der Waals surface area contributed by atoms with Crippen LogP contribution in [0.1, 0.15) is 42.9 Å². The molecule has 0 aliphatic carbocycles. The van der Waals surface area contributed by atoms with Crippen molar-refractivity contribution in [2.24, 2.45) is 0 Å². The van der Waals surface area contributed by atoms with E-state index in [-0.39, 0.29) is 23.6 Å². The number of rotatable bonds is 9. The lowest BCUT2D eigenvalue weighted by Crippen LogP contribution is -2.38. The molecule has 9 heteroatoms. The average Bonchev–Trinajstić information content (AvgIpc) is 3.38. The monoisotopic (exact) mass is 554 g/mol. The highest BCUT2D eigenvalue weighted by Crippen LogP contribution is 2.40. The van der Waals surface area contributed by atoms with Gasteiger partial charge in [0.1, 0.15) is 11.3 Å². The maximum absolute atomic E-state index is 13.7. The van der Waals surface area contributed by atoms with Crippen molar-refractivity contribution in [3.8, 4) is 5.75 Å². The summed E-state index contributed by atoms with van der Waals surface area (Å²) in [7, 11) is 0. The molecule has 1 aromatic heterocycles. The summed E-state index contributed by atoms with van der Waals surface area (Å²) >= 11 is 3.41. The molecule has 0 fully saturated rings. The van der Waals surface area contributed by atoms with Gasteiger partial charge in [-0.05, 0) is 55.1 Å². The Balaban J connectivity index is 1.77. The van der Waals surface area contributed by atoms with Gasteiger partial charge in [0.15, 0.2) is 11.5 Å². The van der Waals surface area contributed by atoms with Gasteiger partial charge in [0.05, 0.1) is 11.6 Å². The molecule has 1 amide bonds. The quantitative estimate of drug-likeness (QED) is 0.224. The van der Waals surface area contributed by atoms with Gasteiger partial charge in [0, 0.05) is 29.9 Å². The maximum Gasteiger partial charge on any atom is 0.308 e. The highest BCUT2D eigenvalue weighted by atomic mass is 79.9. The smallest absolute Gasteiger partial charge is 0.308 e. The van der Waals surface area contributed by atoms with E-state index in [4.69, 9.17) is 9.15 Å². The Labute approximate surface area is 217 Å². The van der Waals surface area contributed by atoms with Crippen LogP contribution in [0, 0.1) is 0 Å². The number of nitrogens with zero attached hydrogens (tertiary/aromatic N) is 2. The molecule has 0 saturated heterocycles. The van der Waals surface area contributed by atoms with Crippen LogP contribution in [-0.4, -0.2) is 58.7 Å². The Hall–Kier alpha value is -3.43. The molecule has 0 saturated carbocycles. The highest BCUT2D eigenvalue weighted by Gasteiger charge is 2.44. The molecule has 0 spiro atoms. The van der Waals surface area contributed by atoms with E-state index in [1.54, 1.807) is 42.5 Å². The zero-order chi connectivity index (χ0) is 26.0. The number of furan rings is 1. The van der Waals surface area contributed by atoms with Crippen LogP contribution in [0.2, 0.25) is 0 Å². The Morgan fingerprint density at radius 1 is 1.14 bits per heavy atom. The van der Waals surface area contributed by atoms with E-state index in [0.717, 1.165) is 17.6 Å². The Morgan fingerprint density at radius 3 is 2.58 bits per heavy atom. The van der Waals surface area contributed by atoms with Gasteiger partial charge in [-0.15, -0.1) is 0 Å². The summed E-state index contributed by atoms with van der Waals surface area (Å²) in [6, 6.07) is 12.7. The van der Waals surface area contributed by atoms with Gasteiger partial charge < -0.3 is 24.1 Å². The first-order valence-corrected chi connectivity index (χ1v) is 12.5. The standard InChI is InChI=1S/C27H27BrN2O6/c1-4-29(5-2)11-12-30-24(17-7-6-8-20(14-17)35-16(3)31)23(26(33)27(30)34)25(32)22-15-18-13-19(28)9-10-21(18)36-22/h6-10,13-15,24,33H,4-5,11-12H2,1-3H3. The minimum atomic E-state index is -0.879. The molecule has 2 aromatic carbocycles. The normalized spacial score (nSPS) is 15.9. The fourth-order valence-electron chi connectivity index (χ4n) is 4.42. The highest BCUT2D eigenvalue weighted by molar-refractivity contribution is 9.10. The van der Waals surface area contributed by atoms with Crippen LogP contribution in [0.15, 0.2) is 68.8 Å². The van der Waals surface area contributed by atoms with Crippen molar-refractivity contribution >= 4 is 44.6 Å². The number of fused-ring (bicyclic) bond motifs is 1. The van der Waals surface area contributed by atoms with Gasteiger partial charge in [0.2, 0.25) is 5.78 Å². The molecule has 8 nitrogen and oxygen atoms in total. The van der Waals surface area contributed by atoms with Crippen molar-refractivity contribution in [2.45, 2.75) is 26.8 Å². The summed E-state index contributed by atoms with van der Waals surface area (Å²) in [6.45, 7) is 7.79. The predicted octanol–water partition coefficient (Wildman–Crippen LogP) is 5.04. The van der Waals surface area contributed by atoms with Crippen molar-refractivity contribution in [1.82, 2.24) is 9.80 Å². The average molecular weight is 555 g/mol. The zero-order valence-electron chi connectivity index (χ0n) is 20.3. The zero-order valence-corrected chi connectivity index (χ0v) is 21.9. The topological polar surface area (TPSA) is 100 Å². The van der Waals surface area contributed by atoms with Crippen molar-refractivity contribution < 1.29 is 28.6 Å². The molecular formula is C27H27BrN2O6. The van der Waals surface area contributed by atoms with Crippen LogP contribution in [0.25, 0.3) is 11.0 Å². The van der Waals surface area contributed by atoms with Crippen molar-refractivity contribution in [1.29, 1.82) is 0 Å². The van der Waals surface area contributed by atoms with Crippen molar-refractivity contribution in [2.75, 3.05) is 26.2 Å². The first kappa shape index (κ1) is 25.7. The number of benzene rings is 2. The second-order valence-corrected chi connectivity index (χ2v) is 9.39. The molecule has 3 aromatic rings. The Morgan fingerprint density at radius 2 is 1.89 bits per heavy atom. The molecule has 36 heavy (non-hydrogen) atoms. The molecule has 188 valence electrons. The van der Waals surface area contributed by atoms with E-state index >= 15 is 0 Å². The molecule has 4 rings (SSSR count). The van der Waals surface area contributed by atoms with Gasteiger partial charge in [0.25, 0.3) is 5.91 Å². The van der Waals surface area contributed by atoms with Gasteiger partial charge in [-0.1, -0.05) is 41.9 Å². The van der Waals surface area contributed by atoms with Gasteiger partial charge in [-0.3, -0.25) is 14.4 Å². The predicted molar refractivity (Wildman–Crippen MR) is 138 cm³/mol. The van der Waals surface area contributed by atoms with E-state index in [1.807, 2.05) is 19.9 Å². The van der Waals surface area contributed by atoms with Crippen molar-refractivity contribution in [3.05, 3.63) is 75.7 Å². The fourth-order valence-corrected chi connectivity index (χ4v) is 4.80. The first-order chi connectivity index (χ1) is 17.2. The van der Waals surface area contributed by atoms with Gasteiger partial charge in [-0.2, -0.15) is 0 Å². The summed E-state index contributed by atoms with van der Waals surface area (Å²) in [5, 5.41) is 11.6. The fraction of sp³-hybridized carbons (Fsp3) is 0.296. The van der Waals surface area contributed by atoms with E-state index in [0.29, 0.717) is 23.1 Å².